The number of aliphatic carboxylic acids is 1. The van der Waals surface area contributed by atoms with E-state index in [1.54, 1.807) is 0 Å². The van der Waals surface area contributed by atoms with Crippen molar-refractivity contribution in [2.75, 3.05) is 13.7 Å². The molecule has 0 fully saturated rings. The van der Waals surface area contributed by atoms with E-state index in [-0.39, 0.29) is 6.61 Å². The smallest absolute Gasteiger partial charge is 0.314 e. The normalized spacial score (nSPS) is 11.1. The van der Waals surface area contributed by atoms with Crippen molar-refractivity contribution in [3.05, 3.63) is 65.2 Å². The molecule has 2 N–H and O–H groups in total. The molecule has 0 aliphatic carbocycles. The van der Waals surface area contributed by atoms with E-state index < -0.39 is 11.9 Å². The first-order valence-corrected chi connectivity index (χ1v) is 7.01. The van der Waals surface area contributed by atoms with Gasteiger partial charge in [-0.1, -0.05) is 42.5 Å². The Morgan fingerprint density at radius 2 is 1.68 bits per heavy atom. The van der Waals surface area contributed by atoms with E-state index in [1.807, 2.05) is 62.4 Å². The van der Waals surface area contributed by atoms with Gasteiger partial charge in [0, 0.05) is 7.11 Å². The second-order valence-corrected chi connectivity index (χ2v) is 4.81. The van der Waals surface area contributed by atoms with Crippen LogP contribution in [0.4, 0.5) is 0 Å². The lowest BCUT2D eigenvalue weighted by Crippen LogP contribution is -2.19. The highest BCUT2D eigenvalue weighted by Gasteiger charge is 2.20. The molecule has 0 amide bonds. The predicted molar refractivity (Wildman–Crippen MR) is 86.4 cm³/mol. The van der Waals surface area contributed by atoms with Crippen LogP contribution in [0.3, 0.4) is 0 Å². The molecular weight excluding hydrogens is 280 g/mol. The summed E-state index contributed by atoms with van der Waals surface area (Å²) >= 11 is 0. The third-order valence-corrected chi connectivity index (χ3v) is 3.46. The Hall–Kier alpha value is -2.33. The zero-order chi connectivity index (χ0) is 16.5. The molecule has 2 aromatic rings. The lowest BCUT2D eigenvalue weighted by Gasteiger charge is -2.16. The molecule has 118 valence electrons. The number of hydrogen-bond donors (Lipinski definition) is 2. The highest BCUT2D eigenvalue weighted by Crippen LogP contribution is 2.23. The van der Waals surface area contributed by atoms with Gasteiger partial charge in [0.25, 0.3) is 0 Å². The number of rotatable bonds is 5. The number of carboxylic acid groups (broad SMARTS) is 1. The van der Waals surface area contributed by atoms with Crippen LogP contribution in [0.2, 0.25) is 0 Å². The zero-order valence-corrected chi connectivity index (χ0v) is 13.1. The summed E-state index contributed by atoms with van der Waals surface area (Å²) in [5, 5.41) is 16.3. The summed E-state index contributed by atoms with van der Waals surface area (Å²) < 4.78 is 5.71. The fraction of sp³-hybridized carbons (Fsp3) is 0.278. The van der Waals surface area contributed by atoms with Gasteiger partial charge < -0.3 is 14.9 Å². The van der Waals surface area contributed by atoms with Gasteiger partial charge in [0.15, 0.2) is 0 Å². The van der Waals surface area contributed by atoms with Gasteiger partial charge in [-0.2, -0.15) is 0 Å². The van der Waals surface area contributed by atoms with Gasteiger partial charge in [-0.15, -0.1) is 0 Å². The number of carboxylic acids is 1. The van der Waals surface area contributed by atoms with E-state index in [1.165, 1.54) is 0 Å². The largest absolute Gasteiger partial charge is 0.492 e. The van der Waals surface area contributed by atoms with Gasteiger partial charge >= 0.3 is 5.97 Å². The standard InChI is InChI=1S/C17H18O3.CH4O/c1-12-7-6-10-16(13(12)2)20-11-15(17(18)19)14-8-4-3-5-9-14;1-2/h3-10,15H,11H2,1-2H3,(H,18,19);2H,1H3. The lowest BCUT2D eigenvalue weighted by molar-refractivity contribution is -0.139. The minimum absolute atomic E-state index is 0.129. The van der Waals surface area contributed by atoms with Gasteiger partial charge in [0.05, 0.1) is 0 Å². The SMILES string of the molecule is CO.Cc1cccc(OCC(C(=O)O)c2ccccc2)c1C. The summed E-state index contributed by atoms with van der Waals surface area (Å²) in [6.45, 7) is 4.11. The second-order valence-electron chi connectivity index (χ2n) is 4.81. The number of carbonyl (C=O) groups is 1. The van der Waals surface area contributed by atoms with Crippen LogP contribution in [0.5, 0.6) is 5.75 Å². The van der Waals surface area contributed by atoms with Crippen LogP contribution in [0.25, 0.3) is 0 Å². The Morgan fingerprint density at radius 1 is 1.05 bits per heavy atom. The Labute approximate surface area is 131 Å². The second kappa shape index (κ2) is 8.85. The van der Waals surface area contributed by atoms with Crippen LogP contribution in [-0.2, 0) is 4.79 Å². The third kappa shape index (κ3) is 4.60. The Kier molecular flexibility index (Phi) is 7.13. The molecule has 2 aromatic carbocycles. The van der Waals surface area contributed by atoms with Crippen molar-refractivity contribution in [2.45, 2.75) is 19.8 Å². The molecule has 4 nitrogen and oxygen atoms in total. The summed E-state index contributed by atoms with van der Waals surface area (Å²) in [5.74, 6) is -0.787. The summed E-state index contributed by atoms with van der Waals surface area (Å²) in [6, 6.07) is 15.0. The lowest BCUT2D eigenvalue weighted by atomic mass is 10.0. The van der Waals surface area contributed by atoms with Crippen molar-refractivity contribution >= 4 is 5.97 Å². The zero-order valence-electron chi connectivity index (χ0n) is 13.1. The molecule has 0 spiro atoms. The van der Waals surface area contributed by atoms with Crippen LogP contribution in [0.1, 0.15) is 22.6 Å². The fourth-order valence-electron chi connectivity index (χ4n) is 2.05. The average molecular weight is 302 g/mol. The van der Waals surface area contributed by atoms with Crippen molar-refractivity contribution in [3.8, 4) is 5.75 Å². The molecule has 1 unspecified atom stereocenters. The highest BCUT2D eigenvalue weighted by molar-refractivity contribution is 5.76. The molecule has 0 radical (unpaired) electrons. The van der Waals surface area contributed by atoms with Gasteiger partial charge in [0.1, 0.15) is 18.3 Å². The Morgan fingerprint density at radius 3 is 2.27 bits per heavy atom. The van der Waals surface area contributed by atoms with E-state index in [0.29, 0.717) is 0 Å². The van der Waals surface area contributed by atoms with Gasteiger partial charge in [-0.05, 0) is 36.6 Å². The maximum absolute atomic E-state index is 11.4. The number of aliphatic hydroxyl groups excluding tert-OH is 1. The van der Waals surface area contributed by atoms with Crippen molar-refractivity contribution < 1.29 is 19.7 Å². The first kappa shape index (κ1) is 17.7. The molecule has 22 heavy (non-hydrogen) atoms. The molecule has 0 aromatic heterocycles. The highest BCUT2D eigenvalue weighted by atomic mass is 16.5. The molecule has 0 aliphatic heterocycles. The van der Waals surface area contributed by atoms with Gasteiger partial charge in [-0.25, -0.2) is 0 Å². The first-order valence-electron chi connectivity index (χ1n) is 7.01. The van der Waals surface area contributed by atoms with E-state index in [0.717, 1.165) is 29.5 Å². The van der Waals surface area contributed by atoms with E-state index in [4.69, 9.17) is 9.84 Å². The molecule has 4 heteroatoms. The van der Waals surface area contributed by atoms with Gasteiger partial charge in [0.2, 0.25) is 0 Å². The average Bonchev–Trinajstić information content (AvgIpc) is 2.54. The molecule has 0 saturated carbocycles. The van der Waals surface area contributed by atoms with Crippen molar-refractivity contribution in [1.29, 1.82) is 0 Å². The quantitative estimate of drug-likeness (QED) is 0.890. The summed E-state index contributed by atoms with van der Waals surface area (Å²) in [4.78, 5) is 11.4. The molecular formula is C18H22O4. The summed E-state index contributed by atoms with van der Waals surface area (Å²) in [7, 11) is 1.00. The minimum Gasteiger partial charge on any atom is -0.492 e. The van der Waals surface area contributed by atoms with E-state index >= 15 is 0 Å². The molecule has 1 atom stereocenters. The van der Waals surface area contributed by atoms with E-state index in [9.17, 15) is 9.90 Å². The molecule has 0 saturated heterocycles. The maximum Gasteiger partial charge on any atom is 0.314 e. The first-order chi connectivity index (χ1) is 10.6. The monoisotopic (exact) mass is 302 g/mol. The van der Waals surface area contributed by atoms with Crippen LogP contribution in [-0.4, -0.2) is 29.9 Å². The number of hydrogen-bond acceptors (Lipinski definition) is 3. The minimum atomic E-state index is -0.874. The summed E-state index contributed by atoms with van der Waals surface area (Å²) in [6.07, 6.45) is 0. The topological polar surface area (TPSA) is 66.8 Å². The molecule has 0 bridgehead atoms. The van der Waals surface area contributed by atoms with Crippen molar-refractivity contribution in [2.24, 2.45) is 0 Å². The third-order valence-electron chi connectivity index (χ3n) is 3.46. The molecule has 0 heterocycles. The molecule has 2 rings (SSSR count). The Balaban J connectivity index is 0.00000116. The van der Waals surface area contributed by atoms with Crippen LogP contribution in [0.15, 0.2) is 48.5 Å². The Bertz CT molecular complexity index is 593. The van der Waals surface area contributed by atoms with E-state index in [2.05, 4.69) is 0 Å². The molecule has 0 aliphatic rings. The fourth-order valence-corrected chi connectivity index (χ4v) is 2.05. The number of ether oxygens (including phenoxy) is 1. The number of aliphatic hydroxyl groups is 1. The number of benzene rings is 2. The summed E-state index contributed by atoms with van der Waals surface area (Å²) in [5.41, 5.74) is 2.93. The van der Waals surface area contributed by atoms with Gasteiger partial charge in [-0.3, -0.25) is 4.79 Å². The van der Waals surface area contributed by atoms with Crippen LogP contribution in [0, 0.1) is 13.8 Å². The van der Waals surface area contributed by atoms with Crippen molar-refractivity contribution in [1.82, 2.24) is 0 Å². The van der Waals surface area contributed by atoms with Crippen LogP contribution < -0.4 is 4.74 Å². The number of aryl methyl sites for hydroxylation is 1. The van der Waals surface area contributed by atoms with Crippen molar-refractivity contribution in [3.63, 3.8) is 0 Å². The predicted octanol–water partition coefficient (Wildman–Crippen LogP) is 3.16. The maximum atomic E-state index is 11.4. The van der Waals surface area contributed by atoms with Crippen LogP contribution >= 0.6 is 0 Å².